The highest BCUT2D eigenvalue weighted by Crippen LogP contribution is 2.42. The lowest BCUT2D eigenvalue weighted by Crippen LogP contribution is -2.28. The van der Waals surface area contributed by atoms with Gasteiger partial charge in [0.25, 0.3) is 5.56 Å². The monoisotopic (exact) mass is 490 g/mol. The van der Waals surface area contributed by atoms with E-state index in [0.29, 0.717) is 22.3 Å². The van der Waals surface area contributed by atoms with Crippen molar-refractivity contribution in [2.24, 2.45) is 11.3 Å². The molecule has 0 saturated carbocycles. The standard InChI is InChI=1S/C28H27ClN2O2S/c1-28(2,3)18-11-14-21-23(15-18)34-26-25(21)27(33)31(20-7-5-4-6-8-20)24(30-26)16-22(32)17-9-12-19(29)13-10-17/h4-10,12-13,18H,11,14-16H2,1-3H3. The fraction of sp³-hybridized carbons (Fsp3) is 0.321. The molecule has 174 valence electrons. The van der Waals surface area contributed by atoms with Gasteiger partial charge in [-0.3, -0.25) is 14.2 Å². The van der Waals surface area contributed by atoms with Crippen molar-refractivity contribution in [2.75, 3.05) is 0 Å². The van der Waals surface area contributed by atoms with Crippen molar-refractivity contribution >= 4 is 38.9 Å². The first-order valence-electron chi connectivity index (χ1n) is 11.6. The van der Waals surface area contributed by atoms with Crippen LogP contribution in [0, 0.1) is 11.3 Å². The third-order valence-corrected chi connectivity index (χ3v) is 8.28. The Morgan fingerprint density at radius 1 is 1.12 bits per heavy atom. The summed E-state index contributed by atoms with van der Waals surface area (Å²) in [5.41, 5.74) is 2.57. The van der Waals surface area contributed by atoms with Crippen LogP contribution < -0.4 is 5.56 Å². The molecule has 0 radical (unpaired) electrons. The van der Waals surface area contributed by atoms with Crippen LogP contribution in [0.4, 0.5) is 0 Å². The van der Waals surface area contributed by atoms with Crippen molar-refractivity contribution in [1.29, 1.82) is 0 Å². The van der Waals surface area contributed by atoms with Gasteiger partial charge in [-0.05, 0) is 72.6 Å². The van der Waals surface area contributed by atoms with Crippen LogP contribution in [0.2, 0.25) is 5.02 Å². The van der Waals surface area contributed by atoms with Gasteiger partial charge in [0.2, 0.25) is 0 Å². The number of carbonyl (C=O) groups excluding carboxylic acids is 1. The Balaban J connectivity index is 1.65. The SMILES string of the molecule is CC(C)(C)C1CCc2c(sc3nc(CC(=O)c4ccc(Cl)cc4)n(-c4ccccc4)c(=O)c23)C1. The summed E-state index contributed by atoms with van der Waals surface area (Å²) in [7, 11) is 0. The zero-order chi connectivity index (χ0) is 24.0. The molecule has 4 aromatic rings. The molecule has 1 aliphatic rings. The van der Waals surface area contributed by atoms with Crippen molar-refractivity contribution in [1.82, 2.24) is 9.55 Å². The summed E-state index contributed by atoms with van der Waals surface area (Å²) in [4.78, 5) is 34.0. The lowest BCUT2D eigenvalue weighted by Gasteiger charge is -2.33. The van der Waals surface area contributed by atoms with Gasteiger partial charge in [0, 0.05) is 15.5 Å². The number of rotatable bonds is 4. The molecule has 2 aromatic heterocycles. The van der Waals surface area contributed by atoms with Gasteiger partial charge in [0.05, 0.1) is 17.5 Å². The molecule has 0 aliphatic heterocycles. The molecular weight excluding hydrogens is 464 g/mol. The number of aryl methyl sites for hydroxylation is 1. The summed E-state index contributed by atoms with van der Waals surface area (Å²) >= 11 is 7.61. The first-order chi connectivity index (χ1) is 16.2. The number of benzene rings is 2. The molecule has 34 heavy (non-hydrogen) atoms. The van der Waals surface area contributed by atoms with Gasteiger partial charge >= 0.3 is 0 Å². The van der Waals surface area contributed by atoms with Crippen LogP contribution in [-0.4, -0.2) is 15.3 Å². The smallest absolute Gasteiger partial charge is 0.267 e. The summed E-state index contributed by atoms with van der Waals surface area (Å²) in [5, 5.41) is 1.30. The number of hydrogen-bond donors (Lipinski definition) is 0. The number of hydrogen-bond acceptors (Lipinski definition) is 4. The highest BCUT2D eigenvalue weighted by molar-refractivity contribution is 7.18. The van der Waals surface area contributed by atoms with E-state index in [2.05, 4.69) is 20.8 Å². The number of fused-ring (bicyclic) bond motifs is 3. The van der Waals surface area contributed by atoms with Crippen LogP contribution in [-0.2, 0) is 19.3 Å². The minimum absolute atomic E-state index is 0.0366. The van der Waals surface area contributed by atoms with Crippen molar-refractivity contribution < 1.29 is 4.79 Å². The van der Waals surface area contributed by atoms with E-state index in [4.69, 9.17) is 16.6 Å². The molecule has 2 heterocycles. The second kappa shape index (κ2) is 8.79. The molecule has 1 aliphatic carbocycles. The highest BCUT2D eigenvalue weighted by atomic mass is 35.5. The largest absolute Gasteiger partial charge is 0.294 e. The van der Waals surface area contributed by atoms with Crippen LogP contribution in [0.15, 0.2) is 59.4 Å². The Morgan fingerprint density at radius 2 is 1.82 bits per heavy atom. The third-order valence-electron chi connectivity index (χ3n) is 6.88. The van der Waals surface area contributed by atoms with E-state index in [0.717, 1.165) is 40.7 Å². The molecule has 0 bridgehead atoms. The van der Waals surface area contributed by atoms with Crippen LogP contribution in [0.1, 0.15) is 53.8 Å². The number of halogens is 1. The number of ketones is 1. The van der Waals surface area contributed by atoms with Crippen LogP contribution in [0.3, 0.4) is 0 Å². The molecule has 2 aromatic carbocycles. The molecule has 5 rings (SSSR count). The fourth-order valence-corrected chi connectivity index (χ4v) is 6.28. The maximum absolute atomic E-state index is 13.9. The van der Waals surface area contributed by atoms with Gasteiger partial charge in [-0.15, -0.1) is 11.3 Å². The molecular formula is C28H27ClN2O2S. The Labute approximate surface area is 208 Å². The Morgan fingerprint density at radius 3 is 2.50 bits per heavy atom. The topological polar surface area (TPSA) is 52.0 Å². The zero-order valence-corrected chi connectivity index (χ0v) is 21.2. The Kier molecular flexibility index (Phi) is 5.95. The normalized spacial score (nSPS) is 15.9. The van der Waals surface area contributed by atoms with Gasteiger partial charge in [-0.2, -0.15) is 0 Å². The average Bonchev–Trinajstić information content (AvgIpc) is 3.17. The van der Waals surface area contributed by atoms with E-state index in [9.17, 15) is 9.59 Å². The molecule has 0 amide bonds. The minimum atomic E-state index is -0.0956. The number of aromatic nitrogens is 2. The number of nitrogens with zero attached hydrogens (tertiary/aromatic N) is 2. The Hall–Kier alpha value is -2.76. The summed E-state index contributed by atoms with van der Waals surface area (Å²) in [6.45, 7) is 6.87. The van der Waals surface area contributed by atoms with E-state index in [1.165, 1.54) is 4.88 Å². The van der Waals surface area contributed by atoms with Crippen molar-refractivity contribution in [3.05, 3.63) is 91.8 Å². The van der Waals surface area contributed by atoms with E-state index in [1.807, 2.05) is 30.3 Å². The maximum Gasteiger partial charge on any atom is 0.267 e. The summed E-state index contributed by atoms with van der Waals surface area (Å²) < 4.78 is 1.62. The predicted octanol–water partition coefficient (Wildman–Crippen LogP) is 6.68. The highest BCUT2D eigenvalue weighted by Gasteiger charge is 2.32. The zero-order valence-electron chi connectivity index (χ0n) is 19.6. The second-order valence-electron chi connectivity index (χ2n) is 10.1. The van der Waals surface area contributed by atoms with Crippen LogP contribution in [0.25, 0.3) is 15.9 Å². The third kappa shape index (κ3) is 4.23. The predicted molar refractivity (Wildman–Crippen MR) is 140 cm³/mol. The quantitative estimate of drug-likeness (QED) is 0.300. The summed E-state index contributed by atoms with van der Waals surface area (Å²) in [5.74, 6) is 0.951. The molecule has 0 saturated heterocycles. The molecule has 0 N–H and O–H groups in total. The van der Waals surface area contributed by atoms with Gasteiger partial charge in [0.15, 0.2) is 5.78 Å². The van der Waals surface area contributed by atoms with E-state index < -0.39 is 0 Å². The van der Waals surface area contributed by atoms with Gasteiger partial charge in [-0.25, -0.2) is 4.98 Å². The van der Waals surface area contributed by atoms with Crippen molar-refractivity contribution in [3.8, 4) is 5.69 Å². The average molecular weight is 491 g/mol. The number of para-hydroxylation sites is 1. The molecule has 1 atom stereocenters. The molecule has 0 spiro atoms. The van der Waals surface area contributed by atoms with Crippen molar-refractivity contribution in [3.63, 3.8) is 0 Å². The van der Waals surface area contributed by atoms with Gasteiger partial charge in [-0.1, -0.05) is 50.6 Å². The fourth-order valence-electron chi connectivity index (χ4n) is 4.85. The molecule has 4 nitrogen and oxygen atoms in total. The first kappa shape index (κ1) is 23.0. The summed E-state index contributed by atoms with van der Waals surface area (Å²) in [6, 6.07) is 16.3. The van der Waals surface area contributed by atoms with Crippen molar-refractivity contribution in [2.45, 2.75) is 46.5 Å². The number of carbonyl (C=O) groups is 1. The lowest BCUT2D eigenvalue weighted by atomic mass is 9.72. The second-order valence-corrected chi connectivity index (χ2v) is 11.6. The van der Waals surface area contributed by atoms with Gasteiger partial charge in [0.1, 0.15) is 10.7 Å². The number of Topliss-reactive ketones (excluding diaryl/α,β-unsaturated/α-hetero) is 1. The van der Waals surface area contributed by atoms with E-state index in [1.54, 1.807) is 40.2 Å². The molecule has 6 heteroatoms. The minimum Gasteiger partial charge on any atom is -0.294 e. The maximum atomic E-state index is 13.9. The lowest BCUT2D eigenvalue weighted by molar-refractivity contribution is 0.0990. The first-order valence-corrected chi connectivity index (χ1v) is 12.8. The van der Waals surface area contributed by atoms with Crippen LogP contribution >= 0.6 is 22.9 Å². The van der Waals surface area contributed by atoms with E-state index >= 15 is 0 Å². The Bertz CT molecular complexity index is 1430. The summed E-state index contributed by atoms with van der Waals surface area (Å²) in [6.07, 6.45) is 2.98. The number of thiophene rings is 1. The molecule has 0 fully saturated rings. The molecule has 1 unspecified atom stereocenters. The van der Waals surface area contributed by atoms with Gasteiger partial charge < -0.3 is 0 Å². The van der Waals surface area contributed by atoms with Crippen LogP contribution in [0.5, 0.6) is 0 Å². The van der Waals surface area contributed by atoms with E-state index in [-0.39, 0.29) is 23.2 Å².